The van der Waals surface area contributed by atoms with Gasteiger partial charge in [-0.15, -0.1) is 0 Å². The van der Waals surface area contributed by atoms with E-state index in [1.54, 1.807) is 27.1 Å². The molecule has 0 radical (unpaired) electrons. The minimum Gasteiger partial charge on any atom is -0.325 e. The lowest BCUT2D eigenvalue weighted by molar-refractivity contribution is -0.121. The Morgan fingerprint density at radius 1 is 1.03 bits per heavy atom. The molecule has 0 saturated carbocycles. The summed E-state index contributed by atoms with van der Waals surface area (Å²) in [7, 11) is -3.74. The molecule has 2 fully saturated rings. The van der Waals surface area contributed by atoms with Crippen molar-refractivity contribution in [1.29, 1.82) is 0 Å². The quantitative estimate of drug-likeness (QED) is 0.795. The smallest absolute Gasteiger partial charge is 0.282 e. The van der Waals surface area contributed by atoms with Crippen molar-refractivity contribution in [3.05, 3.63) is 59.9 Å². The summed E-state index contributed by atoms with van der Waals surface area (Å²) in [6.07, 6.45) is 5.44. The van der Waals surface area contributed by atoms with Gasteiger partial charge in [-0.2, -0.15) is 17.0 Å². The van der Waals surface area contributed by atoms with E-state index in [-0.39, 0.29) is 11.3 Å². The number of fused-ring (bicyclic) bond motifs is 2. The van der Waals surface area contributed by atoms with Crippen LogP contribution in [0.4, 0.5) is 5.69 Å². The zero-order valence-electron chi connectivity index (χ0n) is 17.9. The number of carbonyl (C=O) groups excluding carboxylic acids is 1. The molecule has 2 saturated heterocycles. The molecule has 4 heterocycles. The standard InChI is InChI=1S/C23H28N4O3S/c1-22(2)9-13-26(14-10-22)31(29,30)27-15-11-23(20(27)17-6-5-12-24-16-17)18-7-3-4-8-19(18)25-21(23)28/h3-8,12,16,20H,9-11,13-15H2,1-2H3,(H,25,28). The van der Waals surface area contributed by atoms with Crippen molar-refractivity contribution < 1.29 is 13.2 Å². The molecular weight excluding hydrogens is 412 g/mol. The van der Waals surface area contributed by atoms with Gasteiger partial charge in [-0.3, -0.25) is 9.78 Å². The van der Waals surface area contributed by atoms with Gasteiger partial charge in [-0.1, -0.05) is 38.1 Å². The monoisotopic (exact) mass is 440 g/mol. The second-order valence-electron chi connectivity index (χ2n) is 9.59. The van der Waals surface area contributed by atoms with Crippen molar-refractivity contribution in [3.63, 3.8) is 0 Å². The van der Waals surface area contributed by atoms with Crippen molar-refractivity contribution in [3.8, 4) is 0 Å². The van der Waals surface area contributed by atoms with E-state index in [4.69, 9.17) is 0 Å². The maximum absolute atomic E-state index is 13.8. The first kappa shape index (κ1) is 20.6. The summed E-state index contributed by atoms with van der Waals surface area (Å²) >= 11 is 0. The normalized spacial score (nSPS) is 28.6. The number of anilines is 1. The number of amides is 1. The molecular formula is C23H28N4O3S. The van der Waals surface area contributed by atoms with Crippen molar-refractivity contribution in [1.82, 2.24) is 13.6 Å². The summed E-state index contributed by atoms with van der Waals surface area (Å²) < 4.78 is 30.8. The van der Waals surface area contributed by atoms with Crippen molar-refractivity contribution in [2.24, 2.45) is 5.41 Å². The number of aromatic nitrogens is 1. The fraction of sp³-hybridized carbons (Fsp3) is 0.478. The van der Waals surface area contributed by atoms with Gasteiger partial charge in [0.05, 0.1) is 11.5 Å². The summed E-state index contributed by atoms with van der Waals surface area (Å²) in [5.41, 5.74) is 1.56. The molecule has 0 aliphatic carbocycles. The summed E-state index contributed by atoms with van der Waals surface area (Å²) in [6, 6.07) is 10.7. The highest BCUT2D eigenvalue weighted by molar-refractivity contribution is 7.86. The SMILES string of the molecule is CC1(C)CCN(S(=O)(=O)N2CCC3(C(=O)Nc4ccccc43)C2c2cccnc2)CC1. The van der Waals surface area contributed by atoms with Crippen LogP contribution in [-0.4, -0.2) is 47.6 Å². The number of nitrogens with one attached hydrogen (secondary N) is 1. The predicted molar refractivity (Wildman–Crippen MR) is 119 cm³/mol. The molecule has 31 heavy (non-hydrogen) atoms. The lowest BCUT2D eigenvalue weighted by Crippen LogP contribution is -2.50. The Bertz CT molecular complexity index is 1110. The van der Waals surface area contributed by atoms with Gasteiger partial charge in [0.1, 0.15) is 0 Å². The number of rotatable bonds is 3. The van der Waals surface area contributed by atoms with Gasteiger partial charge >= 0.3 is 0 Å². The summed E-state index contributed by atoms with van der Waals surface area (Å²) in [6.45, 7) is 5.66. The van der Waals surface area contributed by atoms with Crippen LogP contribution >= 0.6 is 0 Å². The average Bonchev–Trinajstić information content (AvgIpc) is 3.29. The van der Waals surface area contributed by atoms with Gasteiger partial charge in [0.25, 0.3) is 10.2 Å². The maximum Gasteiger partial charge on any atom is 0.282 e. The highest BCUT2D eigenvalue weighted by Gasteiger charge is 2.61. The van der Waals surface area contributed by atoms with Crippen LogP contribution in [0.2, 0.25) is 0 Å². The second kappa shape index (κ2) is 7.12. The van der Waals surface area contributed by atoms with Crippen LogP contribution in [0, 0.1) is 5.41 Å². The molecule has 5 rings (SSSR count). The van der Waals surface area contributed by atoms with Gasteiger partial charge in [0, 0.05) is 37.7 Å². The Hall–Kier alpha value is -2.29. The van der Waals surface area contributed by atoms with Gasteiger partial charge in [0.15, 0.2) is 0 Å². The second-order valence-corrected chi connectivity index (χ2v) is 11.5. The molecule has 7 nitrogen and oxygen atoms in total. The van der Waals surface area contributed by atoms with Crippen molar-refractivity contribution in [2.45, 2.75) is 44.6 Å². The molecule has 2 atom stereocenters. The van der Waals surface area contributed by atoms with E-state index >= 15 is 0 Å². The molecule has 8 heteroatoms. The van der Waals surface area contributed by atoms with Gasteiger partial charge in [-0.25, -0.2) is 0 Å². The van der Waals surface area contributed by atoms with Crippen LogP contribution in [-0.2, 0) is 20.4 Å². The number of para-hydroxylation sites is 1. The Balaban J connectivity index is 1.61. The fourth-order valence-corrected chi connectivity index (χ4v) is 7.19. The van der Waals surface area contributed by atoms with E-state index in [1.165, 1.54) is 0 Å². The molecule has 1 N–H and O–H groups in total. The van der Waals surface area contributed by atoms with E-state index in [0.29, 0.717) is 26.1 Å². The van der Waals surface area contributed by atoms with Crippen molar-refractivity contribution in [2.75, 3.05) is 25.0 Å². The number of benzene rings is 1. The molecule has 1 amide bonds. The molecule has 3 aliphatic rings. The Morgan fingerprint density at radius 3 is 2.48 bits per heavy atom. The lowest BCUT2D eigenvalue weighted by Gasteiger charge is -2.40. The molecule has 1 aromatic heterocycles. The summed E-state index contributed by atoms with van der Waals surface area (Å²) in [5, 5.41) is 3.00. The third-order valence-corrected chi connectivity index (χ3v) is 9.24. The van der Waals surface area contributed by atoms with Gasteiger partial charge in [0.2, 0.25) is 5.91 Å². The van der Waals surface area contributed by atoms with Crippen molar-refractivity contribution >= 4 is 21.8 Å². The first-order valence-electron chi connectivity index (χ1n) is 10.8. The predicted octanol–water partition coefficient (Wildman–Crippen LogP) is 3.09. The van der Waals surface area contributed by atoms with Crippen LogP contribution in [0.1, 0.15) is 50.3 Å². The van der Waals surface area contributed by atoms with E-state index < -0.39 is 21.7 Å². The number of nitrogens with zero attached hydrogens (tertiary/aromatic N) is 3. The van der Waals surface area contributed by atoms with E-state index in [0.717, 1.165) is 29.7 Å². The number of carbonyl (C=O) groups is 1. The molecule has 1 spiro atoms. The third kappa shape index (κ3) is 3.11. The highest BCUT2D eigenvalue weighted by Crippen LogP contribution is 2.55. The van der Waals surface area contributed by atoms with Crippen LogP contribution in [0.3, 0.4) is 0 Å². The fourth-order valence-electron chi connectivity index (χ4n) is 5.36. The zero-order valence-corrected chi connectivity index (χ0v) is 18.7. The molecule has 0 bridgehead atoms. The van der Waals surface area contributed by atoms with Crippen LogP contribution < -0.4 is 5.32 Å². The Kier molecular flexibility index (Phi) is 4.73. The van der Waals surface area contributed by atoms with E-state index in [2.05, 4.69) is 24.1 Å². The number of hydrogen-bond donors (Lipinski definition) is 1. The number of hydrogen-bond acceptors (Lipinski definition) is 4. The lowest BCUT2D eigenvalue weighted by atomic mass is 9.73. The average molecular weight is 441 g/mol. The first-order chi connectivity index (χ1) is 14.8. The van der Waals surface area contributed by atoms with Gasteiger partial charge < -0.3 is 5.32 Å². The Morgan fingerprint density at radius 2 is 1.77 bits per heavy atom. The maximum atomic E-state index is 13.8. The zero-order chi connectivity index (χ0) is 21.9. The number of pyridine rings is 1. The molecule has 164 valence electrons. The topological polar surface area (TPSA) is 82.6 Å². The summed E-state index contributed by atoms with van der Waals surface area (Å²) in [4.78, 5) is 17.7. The van der Waals surface area contributed by atoms with Gasteiger partial charge in [-0.05, 0) is 47.9 Å². The summed E-state index contributed by atoms with van der Waals surface area (Å²) in [5.74, 6) is -0.139. The molecule has 2 aromatic rings. The minimum absolute atomic E-state index is 0.139. The first-order valence-corrected chi connectivity index (χ1v) is 12.2. The third-order valence-electron chi connectivity index (χ3n) is 7.24. The number of piperidine rings is 1. The largest absolute Gasteiger partial charge is 0.325 e. The highest BCUT2D eigenvalue weighted by atomic mass is 32.2. The van der Waals surface area contributed by atoms with Crippen LogP contribution in [0.15, 0.2) is 48.8 Å². The molecule has 3 aliphatic heterocycles. The minimum atomic E-state index is -3.74. The molecule has 2 unspecified atom stereocenters. The van der Waals surface area contributed by atoms with E-state index in [9.17, 15) is 13.2 Å². The van der Waals surface area contributed by atoms with Crippen LogP contribution in [0.5, 0.6) is 0 Å². The van der Waals surface area contributed by atoms with E-state index in [1.807, 2.05) is 30.3 Å². The van der Waals surface area contributed by atoms with Crippen LogP contribution in [0.25, 0.3) is 0 Å². The molecule has 1 aromatic carbocycles. The Labute approximate surface area is 183 Å².